The summed E-state index contributed by atoms with van der Waals surface area (Å²) in [5.74, 6) is -0.669. The van der Waals surface area contributed by atoms with Gasteiger partial charge in [-0.25, -0.2) is 0 Å². The fraction of sp³-hybridized carbons (Fsp3) is 0.286. The predicted octanol–water partition coefficient (Wildman–Crippen LogP) is 3.68. The van der Waals surface area contributed by atoms with Gasteiger partial charge in [-0.1, -0.05) is 30.3 Å². The molecule has 0 spiro atoms. The quantitative estimate of drug-likeness (QED) is 0.377. The largest absolute Gasteiger partial charge is 0.497 e. The lowest BCUT2D eigenvalue weighted by Crippen LogP contribution is -2.20. The molecule has 0 saturated carbocycles. The molecule has 0 aliphatic heterocycles. The summed E-state index contributed by atoms with van der Waals surface area (Å²) in [5, 5.41) is 0. The van der Waals surface area contributed by atoms with E-state index in [1.807, 2.05) is 30.3 Å². The lowest BCUT2D eigenvalue weighted by atomic mass is 9.92. The Balaban J connectivity index is 1.86. The van der Waals surface area contributed by atoms with E-state index in [2.05, 4.69) is 0 Å². The van der Waals surface area contributed by atoms with Gasteiger partial charge in [-0.05, 0) is 42.7 Å². The summed E-state index contributed by atoms with van der Waals surface area (Å²) < 4.78 is 5.05. The minimum atomic E-state index is -0.919. The van der Waals surface area contributed by atoms with Crippen molar-refractivity contribution in [2.24, 2.45) is 5.92 Å². The van der Waals surface area contributed by atoms with Crippen LogP contribution in [0.15, 0.2) is 54.6 Å². The first-order valence-electron chi connectivity index (χ1n) is 8.33. The Morgan fingerprint density at radius 3 is 2.32 bits per heavy atom. The van der Waals surface area contributed by atoms with E-state index < -0.39 is 5.92 Å². The third-order valence-electron chi connectivity index (χ3n) is 4.09. The van der Waals surface area contributed by atoms with Crippen molar-refractivity contribution in [2.75, 3.05) is 7.11 Å². The van der Waals surface area contributed by atoms with E-state index in [9.17, 15) is 14.4 Å². The molecule has 2 rings (SSSR count). The zero-order chi connectivity index (χ0) is 18.1. The van der Waals surface area contributed by atoms with Crippen LogP contribution in [0.3, 0.4) is 0 Å². The van der Waals surface area contributed by atoms with E-state index in [0.717, 1.165) is 6.42 Å². The van der Waals surface area contributed by atoms with Gasteiger partial charge in [0.25, 0.3) is 0 Å². The summed E-state index contributed by atoms with van der Waals surface area (Å²) in [6.45, 7) is 0. The second-order valence-electron chi connectivity index (χ2n) is 5.92. The molecule has 2 aromatic carbocycles. The monoisotopic (exact) mass is 338 g/mol. The predicted molar refractivity (Wildman–Crippen MR) is 95.9 cm³/mol. The highest BCUT2D eigenvalue weighted by atomic mass is 16.5. The number of carbonyl (C=O) groups is 3. The second kappa shape index (κ2) is 9.52. The maximum absolute atomic E-state index is 12.4. The number of hydrogen-bond acceptors (Lipinski definition) is 4. The first-order valence-corrected chi connectivity index (χ1v) is 8.33. The molecule has 0 heterocycles. The molecule has 0 aliphatic rings. The number of ketones is 2. The van der Waals surface area contributed by atoms with Crippen LogP contribution < -0.4 is 4.74 Å². The average molecular weight is 338 g/mol. The molecule has 0 fully saturated rings. The van der Waals surface area contributed by atoms with Gasteiger partial charge in [-0.2, -0.15) is 0 Å². The van der Waals surface area contributed by atoms with Crippen LogP contribution in [0, 0.1) is 5.92 Å². The van der Waals surface area contributed by atoms with Gasteiger partial charge in [0.1, 0.15) is 17.8 Å². The molecule has 0 bridgehead atoms. The topological polar surface area (TPSA) is 60.4 Å². The van der Waals surface area contributed by atoms with E-state index in [-0.39, 0.29) is 18.0 Å². The summed E-state index contributed by atoms with van der Waals surface area (Å²) in [5.41, 5.74) is 1.59. The van der Waals surface area contributed by atoms with Gasteiger partial charge in [0.15, 0.2) is 5.78 Å². The maximum atomic E-state index is 12.4. The number of rotatable bonds is 10. The van der Waals surface area contributed by atoms with Crippen molar-refractivity contribution in [3.63, 3.8) is 0 Å². The smallest absolute Gasteiger partial charge is 0.173 e. The Hall–Kier alpha value is -2.75. The Morgan fingerprint density at radius 2 is 1.72 bits per heavy atom. The van der Waals surface area contributed by atoms with Crippen molar-refractivity contribution in [1.29, 1.82) is 0 Å². The minimum absolute atomic E-state index is 0.0385. The lowest BCUT2D eigenvalue weighted by Gasteiger charge is -2.09. The Labute approximate surface area is 147 Å². The molecule has 130 valence electrons. The van der Waals surface area contributed by atoms with Crippen molar-refractivity contribution in [2.45, 2.75) is 25.7 Å². The van der Waals surface area contributed by atoms with Crippen molar-refractivity contribution in [1.82, 2.24) is 0 Å². The van der Waals surface area contributed by atoms with Crippen LogP contribution in [-0.4, -0.2) is 25.0 Å². The molecular weight excluding hydrogens is 316 g/mol. The second-order valence-corrected chi connectivity index (χ2v) is 5.92. The van der Waals surface area contributed by atoms with E-state index in [0.29, 0.717) is 30.4 Å². The van der Waals surface area contributed by atoms with Gasteiger partial charge in [0, 0.05) is 18.4 Å². The number of Topliss-reactive ketones (excluding diaryl/α,β-unsaturated/α-hetero) is 2. The summed E-state index contributed by atoms with van der Waals surface area (Å²) >= 11 is 0. The highest BCUT2D eigenvalue weighted by Gasteiger charge is 2.22. The SMILES string of the molecule is COc1ccc(C(=O)C(C=O)CC(=O)CCCc2ccccc2)cc1. The minimum Gasteiger partial charge on any atom is -0.497 e. The number of carbonyl (C=O) groups excluding carboxylic acids is 3. The standard InChI is InChI=1S/C21H22O4/c1-25-20-12-10-17(11-13-20)21(24)18(15-22)14-19(23)9-5-8-16-6-3-2-4-7-16/h2-4,6-7,10-13,15,18H,5,8-9,14H2,1H3. The van der Waals surface area contributed by atoms with E-state index in [1.54, 1.807) is 31.4 Å². The number of aryl methyl sites for hydroxylation is 1. The van der Waals surface area contributed by atoms with Crippen LogP contribution >= 0.6 is 0 Å². The zero-order valence-corrected chi connectivity index (χ0v) is 14.3. The molecule has 1 unspecified atom stereocenters. The highest BCUT2D eigenvalue weighted by molar-refractivity contribution is 6.07. The maximum Gasteiger partial charge on any atom is 0.173 e. The van der Waals surface area contributed by atoms with Crippen LogP contribution in [0.1, 0.15) is 35.2 Å². The molecule has 0 amide bonds. The van der Waals surface area contributed by atoms with Crippen molar-refractivity contribution < 1.29 is 19.1 Å². The lowest BCUT2D eigenvalue weighted by molar-refractivity contribution is -0.122. The van der Waals surface area contributed by atoms with Gasteiger partial charge < -0.3 is 9.53 Å². The van der Waals surface area contributed by atoms with Gasteiger partial charge in [-0.3, -0.25) is 9.59 Å². The third-order valence-corrected chi connectivity index (χ3v) is 4.09. The van der Waals surface area contributed by atoms with Crippen molar-refractivity contribution in [3.05, 3.63) is 65.7 Å². The van der Waals surface area contributed by atoms with E-state index >= 15 is 0 Å². The number of aldehydes is 1. The van der Waals surface area contributed by atoms with E-state index in [4.69, 9.17) is 4.74 Å². The first-order chi connectivity index (χ1) is 12.1. The summed E-state index contributed by atoms with van der Waals surface area (Å²) in [7, 11) is 1.54. The summed E-state index contributed by atoms with van der Waals surface area (Å²) in [6.07, 6.45) is 2.43. The number of benzene rings is 2. The Bertz CT molecular complexity index is 704. The molecule has 4 nitrogen and oxygen atoms in total. The first kappa shape index (κ1) is 18.6. The summed E-state index contributed by atoms with van der Waals surface area (Å²) in [4.78, 5) is 35.8. The van der Waals surface area contributed by atoms with Gasteiger partial charge in [0.05, 0.1) is 13.0 Å². The molecule has 4 heteroatoms. The Kier molecular flexibility index (Phi) is 7.08. The van der Waals surface area contributed by atoms with Crippen molar-refractivity contribution >= 4 is 17.9 Å². The van der Waals surface area contributed by atoms with Gasteiger partial charge in [-0.15, -0.1) is 0 Å². The molecular formula is C21H22O4. The van der Waals surface area contributed by atoms with Crippen LogP contribution in [0.4, 0.5) is 0 Å². The van der Waals surface area contributed by atoms with Gasteiger partial charge >= 0.3 is 0 Å². The average Bonchev–Trinajstić information content (AvgIpc) is 2.66. The molecule has 25 heavy (non-hydrogen) atoms. The normalized spacial score (nSPS) is 11.6. The fourth-order valence-corrected chi connectivity index (χ4v) is 2.65. The fourth-order valence-electron chi connectivity index (χ4n) is 2.65. The van der Waals surface area contributed by atoms with E-state index in [1.165, 1.54) is 5.56 Å². The van der Waals surface area contributed by atoms with Crippen LogP contribution in [-0.2, 0) is 16.0 Å². The number of hydrogen-bond donors (Lipinski definition) is 0. The molecule has 0 saturated heterocycles. The number of ether oxygens (including phenoxy) is 1. The van der Waals surface area contributed by atoms with Crippen LogP contribution in [0.2, 0.25) is 0 Å². The number of methoxy groups -OCH3 is 1. The molecule has 0 radical (unpaired) electrons. The molecule has 0 N–H and O–H groups in total. The molecule has 0 aromatic heterocycles. The van der Waals surface area contributed by atoms with Crippen LogP contribution in [0.25, 0.3) is 0 Å². The summed E-state index contributed by atoms with van der Waals surface area (Å²) in [6, 6.07) is 16.5. The third kappa shape index (κ3) is 5.68. The molecule has 1 atom stereocenters. The molecule has 2 aromatic rings. The highest BCUT2D eigenvalue weighted by Crippen LogP contribution is 2.17. The van der Waals surface area contributed by atoms with Crippen LogP contribution in [0.5, 0.6) is 5.75 Å². The Morgan fingerprint density at radius 1 is 1.04 bits per heavy atom. The molecule has 0 aliphatic carbocycles. The zero-order valence-electron chi connectivity index (χ0n) is 14.3. The van der Waals surface area contributed by atoms with Gasteiger partial charge in [0.2, 0.25) is 0 Å². The van der Waals surface area contributed by atoms with Crippen molar-refractivity contribution in [3.8, 4) is 5.75 Å².